The Labute approximate surface area is 96.5 Å². The summed E-state index contributed by atoms with van der Waals surface area (Å²) in [5.74, 6) is 0. The Morgan fingerprint density at radius 1 is 1.56 bits per heavy atom. The van der Waals surface area contributed by atoms with Crippen molar-refractivity contribution in [2.24, 2.45) is 0 Å². The van der Waals surface area contributed by atoms with Gasteiger partial charge in [-0.05, 0) is 25.8 Å². The molecule has 2 amide bonds. The third-order valence-electron chi connectivity index (χ3n) is 3.42. The zero-order chi connectivity index (χ0) is 11.4. The van der Waals surface area contributed by atoms with E-state index in [0.717, 1.165) is 38.9 Å². The van der Waals surface area contributed by atoms with Crippen molar-refractivity contribution in [3.63, 3.8) is 0 Å². The van der Waals surface area contributed by atoms with E-state index in [-0.39, 0.29) is 11.6 Å². The van der Waals surface area contributed by atoms with Gasteiger partial charge in [0.1, 0.15) is 0 Å². The lowest BCUT2D eigenvalue weighted by molar-refractivity contribution is 0.161. The lowest BCUT2D eigenvalue weighted by Crippen LogP contribution is -2.50. The van der Waals surface area contributed by atoms with Crippen LogP contribution in [0.3, 0.4) is 0 Å². The summed E-state index contributed by atoms with van der Waals surface area (Å²) in [5.41, 5.74) is 0.119. The van der Waals surface area contributed by atoms with Gasteiger partial charge in [-0.25, -0.2) is 4.79 Å². The molecule has 1 aliphatic heterocycles. The number of hydrogen-bond donors (Lipinski definition) is 2. The molecule has 2 aliphatic rings. The van der Waals surface area contributed by atoms with Crippen molar-refractivity contribution in [3.05, 3.63) is 0 Å². The molecule has 5 nitrogen and oxygen atoms in total. The first-order valence-electron chi connectivity index (χ1n) is 6.04. The monoisotopic (exact) mass is 227 g/mol. The fourth-order valence-corrected chi connectivity index (χ4v) is 2.28. The highest BCUT2D eigenvalue weighted by Crippen LogP contribution is 2.41. The quantitative estimate of drug-likeness (QED) is 0.676. The van der Waals surface area contributed by atoms with E-state index in [1.807, 2.05) is 4.90 Å². The standard InChI is InChI=1S/C11H21N3O2/c1-16-8-6-13-10(15)14-7-2-5-12-9-11(14)3-4-11/h12H,2-9H2,1H3,(H,13,15). The van der Waals surface area contributed by atoms with Gasteiger partial charge in [0.25, 0.3) is 0 Å². The van der Waals surface area contributed by atoms with E-state index in [1.54, 1.807) is 7.11 Å². The molecule has 0 radical (unpaired) electrons. The SMILES string of the molecule is COCCNC(=O)N1CCCNCC12CC2. The van der Waals surface area contributed by atoms with Crippen LogP contribution in [0.2, 0.25) is 0 Å². The van der Waals surface area contributed by atoms with Gasteiger partial charge in [0.2, 0.25) is 0 Å². The number of methoxy groups -OCH3 is 1. The van der Waals surface area contributed by atoms with Gasteiger partial charge in [0, 0.05) is 26.7 Å². The van der Waals surface area contributed by atoms with Crippen LogP contribution in [0.4, 0.5) is 4.79 Å². The van der Waals surface area contributed by atoms with Crippen molar-refractivity contribution in [1.82, 2.24) is 15.5 Å². The normalized spacial score (nSPS) is 22.9. The molecule has 0 atom stereocenters. The Morgan fingerprint density at radius 2 is 2.38 bits per heavy atom. The van der Waals surface area contributed by atoms with Crippen molar-refractivity contribution < 1.29 is 9.53 Å². The summed E-state index contributed by atoms with van der Waals surface area (Å²) < 4.78 is 4.93. The highest BCUT2D eigenvalue weighted by molar-refractivity contribution is 5.75. The average Bonchev–Trinajstić information content (AvgIpc) is 3.07. The first-order valence-corrected chi connectivity index (χ1v) is 6.04. The number of nitrogens with zero attached hydrogens (tertiary/aromatic N) is 1. The lowest BCUT2D eigenvalue weighted by atomic mass is 10.2. The van der Waals surface area contributed by atoms with Crippen LogP contribution in [0.15, 0.2) is 0 Å². The highest BCUT2D eigenvalue weighted by atomic mass is 16.5. The van der Waals surface area contributed by atoms with Gasteiger partial charge < -0.3 is 20.3 Å². The lowest BCUT2D eigenvalue weighted by Gasteiger charge is -2.30. The number of ether oxygens (including phenoxy) is 1. The molecule has 5 heteroatoms. The van der Waals surface area contributed by atoms with Crippen LogP contribution in [0.25, 0.3) is 0 Å². The second kappa shape index (κ2) is 5.01. The van der Waals surface area contributed by atoms with Crippen molar-refractivity contribution in [2.75, 3.05) is 39.9 Å². The molecule has 1 aliphatic carbocycles. The summed E-state index contributed by atoms with van der Waals surface area (Å²) in [6, 6.07) is 0.0678. The summed E-state index contributed by atoms with van der Waals surface area (Å²) in [7, 11) is 1.64. The summed E-state index contributed by atoms with van der Waals surface area (Å²) >= 11 is 0. The van der Waals surface area contributed by atoms with Gasteiger partial charge in [-0.3, -0.25) is 0 Å². The van der Waals surface area contributed by atoms with E-state index < -0.39 is 0 Å². The molecule has 2 N–H and O–H groups in total. The van der Waals surface area contributed by atoms with E-state index in [2.05, 4.69) is 10.6 Å². The molecule has 0 aromatic rings. The second-order valence-corrected chi connectivity index (χ2v) is 4.63. The van der Waals surface area contributed by atoms with Crippen molar-refractivity contribution >= 4 is 6.03 Å². The van der Waals surface area contributed by atoms with Gasteiger partial charge in [-0.15, -0.1) is 0 Å². The first-order chi connectivity index (χ1) is 7.78. The summed E-state index contributed by atoms with van der Waals surface area (Å²) in [5, 5.41) is 6.32. The maximum atomic E-state index is 12.0. The second-order valence-electron chi connectivity index (χ2n) is 4.63. The molecule has 2 fully saturated rings. The van der Waals surface area contributed by atoms with Crippen molar-refractivity contribution in [1.29, 1.82) is 0 Å². The van der Waals surface area contributed by atoms with Crippen LogP contribution in [0.1, 0.15) is 19.3 Å². The van der Waals surface area contributed by atoms with Crippen LogP contribution < -0.4 is 10.6 Å². The van der Waals surface area contributed by atoms with Crippen molar-refractivity contribution in [3.8, 4) is 0 Å². The maximum Gasteiger partial charge on any atom is 0.317 e. The third-order valence-corrected chi connectivity index (χ3v) is 3.42. The molecule has 2 rings (SSSR count). The smallest absolute Gasteiger partial charge is 0.317 e. The number of carbonyl (C=O) groups excluding carboxylic acids is 1. The minimum Gasteiger partial charge on any atom is -0.383 e. The molecular weight excluding hydrogens is 206 g/mol. The molecule has 1 saturated carbocycles. The minimum atomic E-state index is 0.0678. The number of carbonyl (C=O) groups is 1. The zero-order valence-corrected chi connectivity index (χ0v) is 9.92. The fraction of sp³-hybridized carbons (Fsp3) is 0.909. The van der Waals surface area contributed by atoms with E-state index in [1.165, 1.54) is 0 Å². The number of rotatable bonds is 3. The van der Waals surface area contributed by atoms with Gasteiger partial charge in [0.05, 0.1) is 12.1 Å². The third kappa shape index (κ3) is 2.47. The van der Waals surface area contributed by atoms with Crippen molar-refractivity contribution in [2.45, 2.75) is 24.8 Å². The molecule has 1 saturated heterocycles. The van der Waals surface area contributed by atoms with Crippen LogP contribution in [-0.2, 0) is 4.74 Å². The Balaban J connectivity index is 1.87. The fourth-order valence-electron chi connectivity index (χ4n) is 2.28. The van der Waals surface area contributed by atoms with Crippen LogP contribution in [0, 0.1) is 0 Å². The summed E-state index contributed by atoms with van der Waals surface area (Å²) in [6.45, 7) is 4.00. The van der Waals surface area contributed by atoms with Gasteiger partial charge >= 0.3 is 6.03 Å². The number of hydrogen-bond acceptors (Lipinski definition) is 3. The predicted molar refractivity (Wildman–Crippen MR) is 61.4 cm³/mol. The van der Waals surface area contributed by atoms with Gasteiger partial charge in [-0.2, -0.15) is 0 Å². The van der Waals surface area contributed by atoms with E-state index in [9.17, 15) is 4.79 Å². The van der Waals surface area contributed by atoms with Gasteiger partial charge in [0.15, 0.2) is 0 Å². The molecule has 1 spiro atoms. The molecular formula is C11H21N3O2. The van der Waals surface area contributed by atoms with Crippen LogP contribution >= 0.6 is 0 Å². The van der Waals surface area contributed by atoms with Crippen LogP contribution in [0.5, 0.6) is 0 Å². The van der Waals surface area contributed by atoms with E-state index in [4.69, 9.17) is 4.74 Å². The van der Waals surface area contributed by atoms with Crippen LogP contribution in [-0.4, -0.2) is 56.4 Å². The first kappa shape index (κ1) is 11.7. The molecule has 0 aromatic carbocycles. The Hall–Kier alpha value is -0.810. The Morgan fingerprint density at radius 3 is 3.06 bits per heavy atom. The zero-order valence-electron chi connectivity index (χ0n) is 9.92. The Kier molecular flexibility index (Phi) is 3.66. The molecule has 0 aromatic heterocycles. The number of nitrogens with one attached hydrogen (secondary N) is 2. The topological polar surface area (TPSA) is 53.6 Å². The minimum absolute atomic E-state index is 0.0678. The molecule has 1 heterocycles. The predicted octanol–water partition coefficient (Wildman–Crippen LogP) is 0.170. The Bertz CT molecular complexity index is 254. The summed E-state index contributed by atoms with van der Waals surface area (Å²) in [4.78, 5) is 14.0. The van der Waals surface area contributed by atoms with E-state index in [0.29, 0.717) is 13.2 Å². The number of urea groups is 1. The molecule has 92 valence electrons. The maximum absolute atomic E-state index is 12.0. The largest absolute Gasteiger partial charge is 0.383 e. The molecule has 16 heavy (non-hydrogen) atoms. The molecule has 0 unspecified atom stereocenters. The van der Waals surface area contributed by atoms with E-state index >= 15 is 0 Å². The highest BCUT2D eigenvalue weighted by Gasteiger charge is 2.50. The number of amides is 2. The van der Waals surface area contributed by atoms with Gasteiger partial charge in [-0.1, -0.05) is 0 Å². The summed E-state index contributed by atoms with van der Waals surface area (Å²) in [6.07, 6.45) is 3.31. The average molecular weight is 227 g/mol. The molecule has 0 bridgehead atoms.